The summed E-state index contributed by atoms with van der Waals surface area (Å²) in [5, 5.41) is 11.7. The second-order valence-corrected chi connectivity index (χ2v) is 6.64. The molecule has 8 nitrogen and oxygen atoms in total. The number of amides is 1. The molecule has 0 radical (unpaired) electrons. The van der Waals surface area contributed by atoms with Gasteiger partial charge in [-0.15, -0.1) is 10.2 Å². The van der Waals surface area contributed by atoms with Crippen molar-refractivity contribution in [2.24, 2.45) is 0 Å². The number of pyridine rings is 2. The highest BCUT2D eigenvalue weighted by molar-refractivity contribution is 5.94. The van der Waals surface area contributed by atoms with E-state index in [9.17, 15) is 4.79 Å². The maximum Gasteiger partial charge on any atom is 0.255 e. The highest BCUT2D eigenvalue weighted by Gasteiger charge is 2.23. The monoisotopic (exact) mass is 375 g/mol. The van der Waals surface area contributed by atoms with Crippen LogP contribution in [0.2, 0.25) is 0 Å². The molecule has 1 amide bonds. The maximum atomic E-state index is 12.5. The van der Waals surface area contributed by atoms with Crippen molar-refractivity contribution in [2.45, 2.75) is 6.92 Å². The minimum absolute atomic E-state index is 0.0176. The first kappa shape index (κ1) is 17.8. The van der Waals surface area contributed by atoms with Gasteiger partial charge in [0.1, 0.15) is 5.82 Å². The minimum Gasteiger partial charge on any atom is -0.352 e. The molecular formula is C20H21N7O. The number of carbonyl (C=O) groups excluding carboxylic acids is 1. The summed E-state index contributed by atoms with van der Waals surface area (Å²) in [4.78, 5) is 24.8. The van der Waals surface area contributed by atoms with Crippen molar-refractivity contribution in [1.82, 2.24) is 25.1 Å². The first-order valence-corrected chi connectivity index (χ1v) is 9.17. The van der Waals surface area contributed by atoms with E-state index in [0.29, 0.717) is 37.6 Å². The molecule has 3 aromatic rings. The summed E-state index contributed by atoms with van der Waals surface area (Å²) in [5.74, 6) is 2.21. The number of rotatable bonds is 4. The Morgan fingerprint density at radius 2 is 1.86 bits per heavy atom. The standard InChI is InChI=1S/C20H21N7O/c1-15-6-8-22-18(13-15)23-17-4-5-19(25-24-17)26-9-11-27(12-10-26)20(28)16-3-2-7-21-14-16/h2-8,13-14H,9-12H2,1H3,(H,22,23,24). The lowest BCUT2D eigenvalue weighted by Gasteiger charge is -2.35. The van der Waals surface area contributed by atoms with Gasteiger partial charge in [-0.1, -0.05) is 0 Å². The van der Waals surface area contributed by atoms with Crippen molar-refractivity contribution >= 4 is 23.4 Å². The average molecular weight is 375 g/mol. The fraction of sp³-hybridized carbons (Fsp3) is 0.250. The van der Waals surface area contributed by atoms with Crippen molar-refractivity contribution in [3.63, 3.8) is 0 Å². The summed E-state index contributed by atoms with van der Waals surface area (Å²) in [6.07, 6.45) is 5.03. The molecule has 3 aromatic heterocycles. The molecular weight excluding hydrogens is 354 g/mol. The van der Waals surface area contributed by atoms with Crippen molar-refractivity contribution < 1.29 is 4.79 Å². The molecule has 0 unspecified atom stereocenters. The number of nitrogens with zero attached hydrogens (tertiary/aromatic N) is 6. The molecule has 1 saturated heterocycles. The Labute approximate surface area is 163 Å². The first-order valence-electron chi connectivity index (χ1n) is 9.17. The van der Waals surface area contributed by atoms with Gasteiger partial charge in [0, 0.05) is 44.8 Å². The number of piperazine rings is 1. The number of hydrogen-bond acceptors (Lipinski definition) is 7. The molecule has 1 fully saturated rings. The molecule has 4 heterocycles. The Kier molecular flexibility index (Phi) is 5.09. The van der Waals surface area contributed by atoms with Crippen LogP contribution >= 0.6 is 0 Å². The summed E-state index contributed by atoms with van der Waals surface area (Å²) in [5.41, 5.74) is 1.75. The molecule has 8 heteroatoms. The number of nitrogens with one attached hydrogen (secondary N) is 1. The molecule has 28 heavy (non-hydrogen) atoms. The fourth-order valence-corrected chi connectivity index (χ4v) is 3.11. The summed E-state index contributed by atoms with van der Waals surface area (Å²) >= 11 is 0. The van der Waals surface area contributed by atoms with E-state index in [4.69, 9.17) is 0 Å². The molecule has 1 N–H and O–H groups in total. The third-order valence-corrected chi connectivity index (χ3v) is 4.62. The van der Waals surface area contributed by atoms with Crippen LogP contribution in [0.4, 0.5) is 17.5 Å². The van der Waals surface area contributed by atoms with Crippen LogP contribution in [-0.2, 0) is 0 Å². The van der Waals surface area contributed by atoms with Gasteiger partial charge in [-0.3, -0.25) is 9.78 Å². The number of anilines is 3. The van der Waals surface area contributed by atoms with E-state index in [-0.39, 0.29) is 5.91 Å². The van der Waals surface area contributed by atoms with E-state index in [1.54, 1.807) is 30.7 Å². The highest BCUT2D eigenvalue weighted by Crippen LogP contribution is 2.17. The van der Waals surface area contributed by atoms with Crippen molar-refractivity contribution in [2.75, 3.05) is 36.4 Å². The normalized spacial score (nSPS) is 14.0. The van der Waals surface area contributed by atoms with E-state index < -0.39 is 0 Å². The number of aromatic nitrogens is 4. The largest absolute Gasteiger partial charge is 0.352 e. The summed E-state index contributed by atoms with van der Waals surface area (Å²) in [7, 11) is 0. The second-order valence-electron chi connectivity index (χ2n) is 6.64. The Bertz CT molecular complexity index is 938. The Balaban J connectivity index is 1.35. The minimum atomic E-state index is 0.0176. The van der Waals surface area contributed by atoms with Gasteiger partial charge in [0.2, 0.25) is 0 Å². The van der Waals surface area contributed by atoms with E-state index in [1.165, 1.54) is 0 Å². The van der Waals surface area contributed by atoms with Gasteiger partial charge < -0.3 is 15.1 Å². The first-order chi connectivity index (χ1) is 13.7. The van der Waals surface area contributed by atoms with Crippen LogP contribution in [-0.4, -0.2) is 57.2 Å². The number of aryl methyl sites for hydroxylation is 1. The molecule has 0 saturated carbocycles. The van der Waals surface area contributed by atoms with E-state index in [1.807, 2.05) is 36.1 Å². The van der Waals surface area contributed by atoms with E-state index in [2.05, 4.69) is 30.4 Å². The Hall–Kier alpha value is -3.55. The van der Waals surface area contributed by atoms with Crippen LogP contribution in [0.3, 0.4) is 0 Å². The van der Waals surface area contributed by atoms with Crippen LogP contribution < -0.4 is 10.2 Å². The molecule has 0 bridgehead atoms. The molecule has 0 atom stereocenters. The zero-order valence-corrected chi connectivity index (χ0v) is 15.6. The molecule has 1 aliphatic rings. The van der Waals surface area contributed by atoms with Gasteiger partial charge in [-0.25, -0.2) is 4.98 Å². The average Bonchev–Trinajstić information content (AvgIpc) is 2.75. The number of carbonyl (C=O) groups is 1. The molecule has 1 aliphatic heterocycles. The molecule has 142 valence electrons. The zero-order valence-electron chi connectivity index (χ0n) is 15.6. The topological polar surface area (TPSA) is 87.1 Å². The Morgan fingerprint density at radius 1 is 1.00 bits per heavy atom. The van der Waals surface area contributed by atoms with E-state index in [0.717, 1.165) is 17.2 Å². The van der Waals surface area contributed by atoms with Crippen LogP contribution in [0.1, 0.15) is 15.9 Å². The van der Waals surface area contributed by atoms with Crippen molar-refractivity contribution in [3.05, 3.63) is 66.1 Å². The summed E-state index contributed by atoms with van der Waals surface area (Å²) in [6, 6.07) is 11.3. The second kappa shape index (κ2) is 7.99. The zero-order chi connectivity index (χ0) is 19.3. The summed E-state index contributed by atoms with van der Waals surface area (Å²) in [6.45, 7) is 4.73. The predicted molar refractivity (Wildman–Crippen MR) is 107 cm³/mol. The molecule has 0 aromatic carbocycles. The van der Waals surface area contributed by atoms with Gasteiger partial charge in [0.05, 0.1) is 5.56 Å². The fourth-order valence-electron chi connectivity index (χ4n) is 3.11. The van der Waals surface area contributed by atoms with Gasteiger partial charge in [-0.2, -0.15) is 0 Å². The maximum absolute atomic E-state index is 12.5. The quantitative estimate of drug-likeness (QED) is 0.748. The van der Waals surface area contributed by atoms with E-state index >= 15 is 0 Å². The third-order valence-electron chi connectivity index (χ3n) is 4.62. The lowest BCUT2D eigenvalue weighted by molar-refractivity contribution is 0.0746. The van der Waals surface area contributed by atoms with Gasteiger partial charge in [0.15, 0.2) is 11.6 Å². The smallest absolute Gasteiger partial charge is 0.255 e. The predicted octanol–water partition coefficient (Wildman–Crippen LogP) is 2.28. The number of hydrogen-bond donors (Lipinski definition) is 1. The van der Waals surface area contributed by atoms with Gasteiger partial charge in [0.25, 0.3) is 5.91 Å². The van der Waals surface area contributed by atoms with Crippen molar-refractivity contribution in [1.29, 1.82) is 0 Å². The third kappa shape index (κ3) is 4.06. The lowest BCUT2D eigenvalue weighted by atomic mass is 10.2. The van der Waals surface area contributed by atoms with Gasteiger partial charge in [-0.05, 0) is 48.9 Å². The van der Waals surface area contributed by atoms with Crippen LogP contribution in [0.25, 0.3) is 0 Å². The van der Waals surface area contributed by atoms with Crippen molar-refractivity contribution in [3.8, 4) is 0 Å². The van der Waals surface area contributed by atoms with Crippen LogP contribution in [0.15, 0.2) is 55.0 Å². The van der Waals surface area contributed by atoms with Crippen LogP contribution in [0, 0.1) is 6.92 Å². The summed E-state index contributed by atoms with van der Waals surface area (Å²) < 4.78 is 0. The SMILES string of the molecule is Cc1ccnc(Nc2ccc(N3CCN(C(=O)c4cccnc4)CC3)nn2)c1. The lowest BCUT2D eigenvalue weighted by Crippen LogP contribution is -2.49. The molecule has 0 spiro atoms. The molecule has 0 aliphatic carbocycles. The Morgan fingerprint density at radius 3 is 2.54 bits per heavy atom. The highest BCUT2D eigenvalue weighted by atomic mass is 16.2. The molecule has 4 rings (SSSR count). The van der Waals surface area contributed by atoms with Gasteiger partial charge >= 0.3 is 0 Å². The van der Waals surface area contributed by atoms with Crippen LogP contribution in [0.5, 0.6) is 0 Å².